The van der Waals surface area contributed by atoms with Crippen LogP contribution in [0.2, 0.25) is 0 Å². The number of rotatable bonds is 10. The fraction of sp³-hybridized carbons (Fsp3) is 0.200. The Morgan fingerprint density at radius 1 is 1.13 bits per heavy atom. The summed E-state index contributed by atoms with van der Waals surface area (Å²) >= 11 is 0. The van der Waals surface area contributed by atoms with E-state index in [9.17, 15) is 14.0 Å². The van der Waals surface area contributed by atoms with Gasteiger partial charge in [-0.25, -0.2) is 8.78 Å². The number of hydrogen-bond acceptors (Lipinski definition) is 7. The molecule has 0 bridgehead atoms. The second-order valence-electron chi connectivity index (χ2n) is 7.74. The van der Waals surface area contributed by atoms with Gasteiger partial charge in [-0.1, -0.05) is 6.92 Å². The molecule has 0 saturated carbocycles. The number of nitrogens with two attached hydrogens (primary N) is 1. The van der Waals surface area contributed by atoms with Crippen LogP contribution in [0.3, 0.4) is 0 Å². The van der Waals surface area contributed by atoms with Crippen LogP contribution < -0.4 is 31.4 Å². The number of nitrogens with zero attached hydrogens (tertiary/aromatic N) is 1. The molecule has 38 heavy (non-hydrogen) atoms. The molecule has 0 aliphatic carbocycles. The van der Waals surface area contributed by atoms with Gasteiger partial charge in [-0.2, -0.15) is 0 Å². The summed E-state index contributed by atoms with van der Waals surface area (Å²) in [6, 6.07) is 8.62. The average Bonchev–Trinajstić information content (AvgIpc) is 2.90. The molecule has 202 valence electrons. The lowest BCUT2D eigenvalue weighted by Gasteiger charge is -2.22. The molecule has 3 rings (SSSR count). The smallest absolute Gasteiger partial charge is 0.272 e. The first kappa shape index (κ1) is 29.8. The van der Waals surface area contributed by atoms with Crippen LogP contribution in [0.25, 0.3) is 0 Å². The molecule has 1 heterocycles. The summed E-state index contributed by atoms with van der Waals surface area (Å²) in [5, 5.41) is 10.4. The van der Waals surface area contributed by atoms with E-state index < -0.39 is 29.5 Å². The third-order valence-electron chi connectivity index (χ3n) is 5.13. The van der Waals surface area contributed by atoms with Crippen molar-refractivity contribution in [2.24, 2.45) is 5.73 Å². The van der Waals surface area contributed by atoms with Crippen molar-refractivity contribution in [3.63, 3.8) is 0 Å². The van der Waals surface area contributed by atoms with Crippen LogP contribution in [0.15, 0.2) is 54.9 Å². The number of aromatic nitrogens is 1. The molecule has 0 aliphatic rings. The van der Waals surface area contributed by atoms with Crippen LogP contribution in [0.5, 0.6) is 11.5 Å². The Morgan fingerprint density at radius 2 is 1.84 bits per heavy atom. The van der Waals surface area contributed by atoms with E-state index in [1.807, 2.05) is 6.92 Å². The van der Waals surface area contributed by atoms with Crippen LogP contribution in [0.1, 0.15) is 40.9 Å². The molecule has 13 heteroatoms. The number of halogens is 3. The minimum absolute atomic E-state index is 0. The molecule has 1 unspecified atom stereocenters. The van der Waals surface area contributed by atoms with Gasteiger partial charge in [0.05, 0.1) is 25.5 Å². The predicted octanol–water partition coefficient (Wildman–Crippen LogP) is 3.48. The Morgan fingerprint density at radius 3 is 2.45 bits per heavy atom. The standard InChI is InChI=1S/C25H26F2N6O4.ClH/c1-3-10-37-20-12-16(36-2)11-18(21(20)27)22(31-15-6-4-14(5-7-15)23(28)29)25(35)33-32-24(34)17-8-9-30-13-19(17)26;/h4-9,11-13,22,31H,3,10H2,1-2H3,(H3,28,29)(H,32,34)(H,33,35);1H. The Balaban J connectivity index is 0.00000507. The van der Waals surface area contributed by atoms with Gasteiger partial charge in [-0.05, 0) is 42.8 Å². The second-order valence-corrected chi connectivity index (χ2v) is 7.74. The summed E-state index contributed by atoms with van der Waals surface area (Å²) in [5.41, 5.74) is 10.2. The summed E-state index contributed by atoms with van der Waals surface area (Å²) in [4.78, 5) is 29.2. The molecule has 6 N–H and O–H groups in total. The minimum Gasteiger partial charge on any atom is -0.497 e. The normalized spacial score (nSPS) is 10.9. The van der Waals surface area contributed by atoms with E-state index in [4.69, 9.17) is 20.6 Å². The minimum atomic E-state index is -1.40. The van der Waals surface area contributed by atoms with Crippen molar-refractivity contribution in [1.29, 1.82) is 5.41 Å². The average molecular weight is 549 g/mol. The molecule has 0 aliphatic heterocycles. The van der Waals surface area contributed by atoms with Gasteiger partial charge in [0, 0.05) is 29.1 Å². The Bertz CT molecular complexity index is 1290. The first-order chi connectivity index (χ1) is 17.7. The molecular weight excluding hydrogens is 522 g/mol. The van der Waals surface area contributed by atoms with E-state index in [0.29, 0.717) is 17.7 Å². The maximum absolute atomic E-state index is 15.5. The fourth-order valence-electron chi connectivity index (χ4n) is 3.25. The van der Waals surface area contributed by atoms with Crippen molar-refractivity contribution in [3.05, 3.63) is 83.2 Å². The lowest BCUT2D eigenvalue weighted by Crippen LogP contribution is -2.45. The number of nitrogen functional groups attached to an aromatic ring is 1. The molecule has 1 aromatic heterocycles. The highest BCUT2D eigenvalue weighted by molar-refractivity contribution is 5.97. The van der Waals surface area contributed by atoms with E-state index in [2.05, 4.69) is 21.2 Å². The second kappa shape index (κ2) is 13.7. The van der Waals surface area contributed by atoms with Crippen molar-refractivity contribution >= 4 is 35.7 Å². The molecule has 1 atom stereocenters. The highest BCUT2D eigenvalue weighted by atomic mass is 35.5. The lowest BCUT2D eigenvalue weighted by molar-refractivity contribution is -0.122. The van der Waals surface area contributed by atoms with Gasteiger partial charge in [0.2, 0.25) is 0 Å². The zero-order valence-electron chi connectivity index (χ0n) is 20.5. The van der Waals surface area contributed by atoms with Gasteiger partial charge >= 0.3 is 0 Å². The molecule has 3 aromatic rings. The van der Waals surface area contributed by atoms with Crippen LogP contribution in [-0.4, -0.2) is 36.4 Å². The molecule has 0 saturated heterocycles. The number of hydrogen-bond donors (Lipinski definition) is 5. The highest BCUT2D eigenvalue weighted by Gasteiger charge is 2.28. The number of methoxy groups -OCH3 is 1. The third kappa shape index (κ3) is 7.29. The number of nitrogens with one attached hydrogen (secondary N) is 4. The molecule has 0 radical (unpaired) electrons. The first-order valence-corrected chi connectivity index (χ1v) is 11.2. The van der Waals surface area contributed by atoms with Crippen molar-refractivity contribution in [1.82, 2.24) is 15.8 Å². The monoisotopic (exact) mass is 548 g/mol. The van der Waals surface area contributed by atoms with Gasteiger partial charge in [0.1, 0.15) is 17.6 Å². The number of carbonyl (C=O) groups is 2. The van der Waals surface area contributed by atoms with Crippen LogP contribution >= 0.6 is 12.4 Å². The summed E-state index contributed by atoms with van der Waals surface area (Å²) in [6.45, 7) is 2.09. The number of amidine groups is 1. The van der Waals surface area contributed by atoms with Gasteiger partial charge in [-0.3, -0.25) is 30.8 Å². The quantitative estimate of drug-likeness (QED) is 0.148. The van der Waals surface area contributed by atoms with Gasteiger partial charge in [-0.15, -0.1) is 12.4 Å². The number of ether oxygens (including phenoxy) is 2. The summed E-state index contributed by atoms with van der Waals surface area (Å²) in [7, 11) is 1.38. The zero-order valence-corrected chi connectivity index (χ0v) is 21.3. The molecular formula is C25H27ClF2N6O4. The van der Waals surface area contributed by atoms with E-state index in [1.54, 1.807) is 24.3 Å². The third-order valence-corrected chi connectivity index (χ3v) is 5.13. The van der Waals surface area contributed by atoms with Crippen molar-refractivity contribution in [2.75, 3.05) is 19.0 Å². The van der Waals surface area contributed by atoms with Gasteiger partial charge in [0.25, 0.3) is 11.8 Å². The van der Waals surface area contributed by atoms with Crippen LogP contribution in [-0.2, 0) is 4.79 Å². The fourth-order valence-corrected chi connectivity index (χ4v) is 3.25. The Hall–Kier alpha value is -4.45. The first-order valence-electron chi connectivity index (χ1n) is 11.2. The SMILES string of the molecule is CCCOc1cc(OC)cc(C(Nc2ccc(C(=N)N)cc2)C(=O)NNC(=O)c2ccncc2F)c1F.Cl. The van der Waals surface area contributed by atoms with Gasteiger partial charge in [0.15, 0.2) is 17.4 Å². The summed E-state index contributed by atoms with van der Waals surface area (Å²) in [5.74, 6) is -3.53. The summed E-state index contributed by atoms with van der Waals surface area (Å²) < 4.78 is 40.2. The number of anilines is 1. The predicted molar refractivity (Wildman–Crippen MR) is 140 cm³/mol. The van der Waals surface area contributed by atoms with Crippen molar-refractivity contribution in [3.8, 4) is 11.5 Å². The van der Waals surface area contributed by atoms with Crippen LogP contribution in [0.4, 0.5) is 14.5 Å². The Labute approximate surface area is 223 Å². The molecule has 2 amide bonds. The molecule has 0 fully saturated rings. The molecule has 0 spiro atoms. The molecule has 2 aromatic carbocycles. The molecule has 10 nitrogen and oxygen atoms in total. The zero-order chi connectivity index (χ0) is 26.9. The number of pyridine rings is 1. The number of amides is 2. The lowest BCUT2D eigenvalue weighted by atomic mass is 10.0. The topological polar surface area (TPSA) is 151 Å². The largest absolute Gasteiger partial charge is 0.497 e. The highest BCUT2D eigenvalue weighted by Crippen LogP contribution is 2.33. The van der Waals surface area contributed by atoms with Crippen molar-refractivity contribution < 1.29 is 27.8 Å². The number of hydrazine groups is 1. The number of carbonyl (C=O) groups excluding carboxylic acids is 2. The van der Waals surface area contributed by atoms with E-state index in [1.165, 1.54) is 25.4 Å². The van der Waals surface area contributed by atoms with Crippen molar-refractivity contribution in [2.45, 2.75) is 19.4 Å². The van der Waals surface area contributed by atoms with E-state index in [0.717, 1.165) is 12.3 Å². The van der Waals surface area contributed by atoms with Crippen LogP contribution in [0, 0.1) is 17.0 Å². The van der Waals surface area contributed by atoms with Gasteiger partial charge < -0.3 is 20.5 Å². The number of benzene rings is 2. The van der Waals surface area contributed by atoms with E-state index >= 15 is 4.39 Å². The van der Waals surface area contributed by atoms with E-state index in [-0.39, 0.29) is 47.5 Å². The maximum atomic E-state index is 15.5. The summed E-state index contributed by atoms with van der Waals surface area (Å²) in [6.07, 6.45) is 2.70. The Kier molecular flexibility index (Phi) is 10.8. The maximum Gasteiger partial charge on any atom is 0.272 e.